The molecule has 0 atom stereocenters. The first-order valence-corrected chi connectivity index (χ1v) is 4.18. The van der Waals surface area contributed by atoms with Crippen molar-refractivity contribution in [2.45, 2.75) is 33.6 Å². The molecule has 0 aliphatic heterocycles. The molecule has 0 saturated carbocycles. The zero-order valence-corrected chi connectivity index (χ0v) is 8.00. The van der Waals surface area contributed by atoms with Gasteiger partial charge in [-0.25, -0.2) is 9.97 Å². The van der Waals surface area contributed by atoms with Crippen LogP contribution in [-0.4, -0.2) is 9.97 Å². The Hall–Kier alpha value is -0.990. The first kappa shape index (κ1) is 11.0. The van der Waals surface area contributed by atoms with Crippen molar-refractivity contribution in [1.29, 1.82) is 0 Å². The SMILES string of the molecule is CC.CC(C)c1ccnc(F)n1. The topological polar surface area (TPSA) is 25.8 Å². The molecular weight excluding hydrogens is 155 g/mol. The van der Waals surface area contributed by atoms with Crippen LogP contribution in [-0.2, 0) is 0 Å². The Morgan fingerprint density at radius 3 is 2.25 bits per heavy atom. The van der Waals surface area contributed by atoms with E-state index in [0.717, 1.165) is 5.69 Å². The van der Waals surface area contributed by atoms with Gasteiger partial charge in [-0.15, -0.1) is 0 Å². The molecule has 0 saturated heterocycles. The molecule has 2 nitrogen and oxygen atoms in total. The molecule has 0 aromatic carbocycles. The van der Waals surface area contributed by atoms with Gasteiger partial charge in [-0.3, -0.25) is 0 Å². The van der Waals surface area contributed by atoms with Crippen LogP contribution in [0.15, 0.2) is 12.3 Å². The zero-order valence-electron chi connectivity index (χ0n) is 8.00. The van der Waals surface area contributed by atoms with Crippen LogP contribution in [0.25, 0.3) is 0 Å². The molecule has 1 heterocycles. The van der Waals surface area contributed by atoms with Gasteiger partial charge in [0.05, 0.1) is 0 Å². The maximum atomic E-state index is 12.3. The van der Waals surface area contributed by atoms with Gasteiger partial charge in [-0.1, -0.05) is 27.7 Å². The van der Waals surface area contributed by atoms with Gasteiger partial charge in [-0.2, -0.15) is 4.39 Å². The van der Waals surface area contributed by atoms with Crippen molar-refractivity contribution in [3.05, 3.63) is 24.0 Å². The number of hydrogen-bond donors (Lipinski definition) is 0. The molecule has 0 amide bonds. The fraction of sp³-hybridized carbons (Fsp3) is 0.556. The lowest BCUT2D eigenvalue weighted by atomic mass is 10.1. The average Bonchev–Trinajstić information content (AvgIpc) is 2.08. The van der Waals surface area contributed by atoms with Gasteiger partial charge in [-0.05, 0) is 12.0 Å². The van der Waals surface area contributed by atoms with E-state index in [1.54, 1.807) is 6.07 Å². The molecule has 0 fully saturated rings. The predicted molar refractivity (Wildman–Crippen MR) is 47.4 cm³/mol. The molecule has 0 aliphatic rings. The molecule has 12 heavy (non-hydrogen) atoms. The zero-order chi connectivity index (χ0) is 9.56. The maximum Gasteiger partial charge on any atom is 0.308 e. The quantitative estimate of drug-likeness (QED) is 0.605. The number of aromatic nitrogens is 2. The highest BCUT2D eigenvalue weighted by molar-refractivity contribution is 5.02. The lowest BCUT2D eigenvalue weighted by molar-refractivity contribution is 0.527. The maximum absolute atomic E-state index is 12.3. The summed E-state index contributed by atoms with van der Waals surface area (Å²) in [5, 5.41) is 0. The second kappa shape index (κ2) is 5.63. The van der Waals surface area contributed by atoms with E-state index in [9.17, 15) is 4.39 Å². The van der Waals surface area contributed by atoms with Crippen molar-refractivity contribution in [1.82, 2.24) is 9.97 Å². The van der Waals surface area contributed by atoms with Crippen molar-refractivity contribution in [3.63, 3.8) is 0 Å². The summed E-state index contributed by atoms with van der Waals surface area (Å²) in [4.78, 5) is 6.94. The summed E-state index contributed by atoms with van der Waals surface area (Å²) in [6.45, 7) is 7.92. The molecule has 0 radical (unpaired) electrons. The van der Waals surface area contributed by atoms with Crippen LogP contribution >= 0.6 is 0 Å². The van der Waals surface area contributed by atoms with Crippen molar-refractivity contribution in [2.24, 2.45) is 0 Å². The van der Waals surface area contributed by atoms with Crippen LogP contribution in [0, 0.1) is 6.08 Å². The third-order valence-electron chi connectivity index (χ3n) is 1.24. The number of rotatable bonds is 1. The minimum atomic E-state index is -0.647. The summed E-state index contributed by atoms with van der Waals surface area (Å²) < 4.78 is 12.3. The van der Waals surface area contributed by atoms with Gasteiger partial charge in [0, 0.05) is 11.9 Å². The van der Waals surface area contributed by atoms with Gasteiger partial charge in [0.25, 0.3) is 0 Å². The molecule has 0 unspecified atom stereocenters. The number of nitrogens with zero attached hydrogens (tertiary/aromatic N) is 2. The fourth-order valence-electron chi connectivity index (χ4n) is 0.669. The van der Waals surface area contributed by atoms with Gasteiger partial charge in [0.1, 0.15) is 0 Å². The van der Waals surface area contributed by atoms with Gasteiger partial charge in [0.15, 0.2) is 0 Å². The molecule has 1 rings (SSSR count). The first-order valence-electron chi connectivity index (χ1n) is 4.18. The smallest absolute Gasteiger partial charge is 0.211 e. The van der Waals surface area contributed by atoms with Crippen molar-refractivity contribution in [3.8, 4) is 0 Å². The van der Waals surface area contributed by atoms with E-state index in [1.165, 1.54) is 6.20 Å². The molecule has 0 bridgehead atoms. The van der Waals surface area contributed by atoms with E-state index in [2.05, 4.69) is 9.97 Å². The third-order valence-corrected chi connectivity index (χ3v) is 1.24. The van der Waals surface area contributed by atoms with E-state index in [-0.39, 0.29) is 5.92 Å². The van der Waals surface area contributed by atoms with Crippen LogP contribution in [0.5, 0.6) is 0 Å². The molecule has 1 aromatic rings. The van der Waals surface area contributed by atoms with Crippen molar-refractivity contribution >= 4 is 0 Å². The Balaban J connectivity index is 0.000000561. The lowest BCUT2D eigenvalue weighted by Gasteiger charge is -2.00. The van der Waals surface area contributed by atoms with Crippen LogP contribution in [0.4, 0.5) is 4.39 Å². The van der Waals surface area contributed by atoms with Crippen LogP contribution in [0.3, 0.4) is 0 Å². The summed E-state index contributed by atoms with van der Waals surface area (Å²) in [5.41, 5.74) is 0.743. The Labute approximate surface area is 72.9 Å². The number of halogens is 1. The van der Waals surface area contributed by atoms with Crippen LogP contribution in [0.2, 0.25) is 0 Å². The largest absolute Gasteiger partial charge is 0.308 e. The van der Waals surface area contributed by atoms with E-state index in [4.69, 9.17) is 0 Å². The second-order valence-electron chi connectivity index (χ2n) is 2.41. The van der Waals surface area contributed by atoms with Crippen molar-refractivity contribution < 1.29 is 4.39 Å². The van der Waals surface area contributed by atoms with Crippen LogP contribution < -0.4 is 0 Å². The van der Waals surface area contributed by atoms with Crippen LogP contribution in [0.1, 0.15) is 39.3 Å². The summed E-state index contributed by atoms with van der Waals surface area (Å²) in [7, 11) is 0. The minimum Gasteiger partial charge on any atom is -0.211 e. The molecule has 0 N–H and O–H groups in total. The van der Waals surface area contributed by atoms with Crippen molar-refractivity contribution in [2.75, 3.05) is 0 Å². The molecule has 68 valence electrons. The van der Waals surface area contributed by atoms with Gasteiger partial charge >= 0.3 is 6.08 Å². The first-order chi connectivity index (χ1) is 5.70. The Morgan fingerprint density at radius 2 is 1.92 bits per heavy atom. The summed E-state index contributed by atoms with van der Waals surface area (Å²) in [6.07, 6.45) is 0.781. The average molecular weight is 170 g/mol. The molecule has 0 spiro atoms. The van der Waals surface area contributed by atoms with E-state index in [0.29, 0.717) is 0 Å². The van der Waals surface area contributed by atoms with Gasteiger partial charge < -0.3 is 0 Å². The fourth-order valence-corrected chi connectivity index (χ4v) is 0.669. The minimum absolute atomic E-state index is 0.262. The molecule has 0 aliphatic carbocycles. The predicted octanol–water partition coefficient (Wildman–Crippen LogP) is 2.77. The highest BCUT2D eigenvalue weighted by Crippen LogP contribution is 2.08. The lowest BCUT2D eigenvalue weighted by Crippen LogP contribution is -1.96. The standard InChI is InChI=1S/C7H9FN2.C2H6/c1-5(2)6-3-4-9-7(8)10-6;1-2/h3-5H,1-2H3;1-2H3. The highest BCUT2D eigenvalue weighted by Gasteiger charge is 2.00. The molecular formula is C9H15FN2. The highest BCUT2D eigenvalue weighted by atomic mass is 19.1. The molecule has 3 heteroatoms. The Morgan fingerprint density at radius 1 is 1.33 bits per heavy atom. The Bertz CT molecular complexity index is 224. The number of hydrogen-bond acceptors (Lipinski definition) is 2. The van der Waals surface area contributed by atoms with E-state index in [1.807, 2.05) is 27.7 Å². The van der Waals surface area contributed by atoms with E-state index >= 15 is 0 Å². The van der Waals surface area contributed by atoms with Gasteiger partial charge in [0.2, 0.25) is 0 Å². The summed E-state index contributed by atoms with van der Waals surface area (Å²) in [5.74, 6) is 0.262. The third kappa shape index (κ3) is 3.42. The Kier molecular flexibility index (Phi) is 5.17. The summed E-state index contributed by atoms with van der Waals surface area (Å²) >= 11 is 0. The summed E-state index contributed by atoms with van der Waals surface area (Å²) in [6, 6.07) is 1.72. The van der Waals surface area contributed by atoms with E-state index < -0.39 is 6.08 Å². The second-order valence-corrected chi connectivity index (χ2v) is 2.41. The monoisotopic (exact) mass is 170 g/mol. The molecule has 1 aromatic heterocycles. The normalized spacial score (nSPS) is 9.17.